The average Bonchev–Trinajstić information content (AvgIpc) is 3.18. The maximum absolute atomic E-state index is 11.9. The Bertz CT molecular complexity index is 834. The molecule has 0 saturated carbocycles. The van der Waals surface area contributed by atoms with Crippen LogP contribution in [-0.4, -0.2) is 49.9 Å². The van der Waals surface area contributed by atoms with Gasteiger partial charge in [0.25, 0.3) is 0 Å². The van der Waals surface area contributed by atoms with Gasteiger partial charge in [-0.2, -0.15) is 0 Å². The van der Waals surface area contributed by atoms with E-state index in [-0.39, 0.29) is 0 Å². The third-order valence-electron chi connectivity index (χ3n) is 5.14. The van der Waals surface area contributed by atoms with Crippen LogP contribution in [0.3, 0.4) is 0 Å². The number of carbonyl (C=O) groups is 1. The molecule has 2 atom stereocenters. The number of aliphatic carboxylic acids is 1. The molecule has 7 heteroatoms. The molecule has 1 aliphatic rings. The maximum Gasteiger partial charge on any atom is 0.320 e. The summed E-state index contributed by atoms with van der Waals surface area (Å²) in [5.74, 6) is 1.00. The molecule has 1 aliphatic heterocycles. The van der Waals surface area contributed by atoms with Crippen molar-refractivity contribution < 1.29 is 24.1 Å². The number of ether oxygens (including phenoxy) is 3. The molecule has 0 radical (unpaired) electrons. The number of benzene rings is 2. The molecule has 1 N–H and O–H groups in total. The van der Waals surface area contributed by atoms with E-state index in [1.165, 1.54) is 0 Å². The second kappa shape index (κ2) is 8.71. The highest BCUT2D eigenvalue weighted by Crippen LogP contribution is 2.46. The van der Waals surface area contributed by atoms with E-state index in [4.69, 9.17) is 25.8 Å². The summed E-state index contributed by atoms with van der Waals surface area (Å²) in [6, 6.07) is 9.80. The minimum Gasteiger partial charge on any atom is -0.496 e. The Labute approximate surface area is 169 Å². The van der Waals surface area contributed by atoms with Crippen molar-refractivity contribution in [1.82, 2.24) is 4.90 Å². The van der Waals surface area contributed by atoms with Gasteiger partial charge >= 0.3 is 5.97 Å². The van der Waals surface area contributed by atoms with Crippen molar-refractivity contribution in [2.24, 2.45) is 0 Å². The summed E-state index contributed by atoms with van der Waals surface area (Å²) in [7, 11) is 4.76. The van der Waals surface area contributed by atoms with Crippen molar-refractivity contribution in [2.75, 3.05) is 27.9 Å². The number of carboxylic acid groups (broad SMARTS) is 1. The number of hydrogen-bond acceptors (Lipinski definition) is 5. The Kier molecular flexibility index (Phi) is 6.31. The predicted molar refractivity (Wildman–Crippen MR) is 107 cm³/mol. The fraction of sp³-hybridized carbons (Fsp3) is 0.381. The van der Waals surface area contributed by atoms with Gasteiger partial charge in [-0.15, -0.1) is 0 Å². The average molecular weight is 406 g/mol. The van der Waals surface area contributed by atoms with Crippen LogP contribution in [-0.2, 0) is 4.79 Å². The van der Waals surface area contributed by atoms with Gasteiger partial charge in [-0.25, -0.2) is 0 Å². The van der Waals surface area contributed by atoms with Crippen LogP contribution in [0.4, 0.5) is 0 Å². The van der Waals surface area contributed by atoms with Crippen LogP contribution in [0.5, 0.6) is 17.2 Å². The molecule has 0 aromatic heterocycles. The Morgan fingerprint density at radius 1 is 1.11 bits per heavy atom. The van der Waals surface area contributed by atoms with Gasteiger partial charge in [-0.1, -0.05) is 17.7 Å². The largest absolute Gasteiger partial charge is 0.496 e. The number of likely N-dealkylation sites (tertiary alicyclic amines) is 1. The maximum atomic E-state index is 11.9. The number of methoxy groups -OCH3 is 3. The Morgan fingerprint density at radius 3 is 2.32 bits per heavy atom. The van der Waals surface area contributed by atoms with Gasteiger partial charge in [0.2, 0.25) is 0 Å². The highest BCUT2D eigenvalue weighted by molar-refractivity contribution is 6.30. The molecule has 2 aromatic carbocycles. The molecule has 1 heterocycles. The van der Waals surface area contributed by atoms with E-state index in [1.54, 1.807) is 33.5 Å². The predicted octanol–water partition coefficient (Wildman–Crippen LogP) is 4.00. The minimum absolute atomic E-state index is 0.455. The quantitative estimate of drug-likeness (QED) is 0.750. The third kappa shape index (κ3) is 3.75. The molecule has 1 saturated heterocycles. The van der Waals surface area contributed by atoms with Gasteiger partial charge < -0.3 is 19.3 Å². The Balaban J connectivity index is 2.28. The first-order valence-corrected chi connectivity index (χ1v) is 9.42. The summed E-state index contributed by atoms with van der Waals surface area (Å²) in [4.78, 5) is 13.9. The minimum atomic E-state index is -0.850. The molecule has 0 bridgehead atoms. The normalized spacial score (nSPS) is 17.9. The molecular weight excluding hydrogens is 382 g/mol. The van der Waals surface area contributed by atoms with Crippen molar-refractivity contribution in [3.05, 3.63) is 52.5 Å². The standard InChI is InChI=1S/C21H24ClNO5/c1-26-16-10-9-13(22)12-14(16)20(23-11-5-6-15(23)21(24)25)19-17(27-2)7-4-8-18(19)28-3/h4,7-10,12,15,20H,5-6,11H2,1-3H3,(H,24,25). The summed E-state index contributed by atoms with van der Waals surface area (Å²) in [5, 5.41) is 10.3. The highest BCUT2D eigenvalue weighted by atomic mass is 35.5. The summed E-state index contributed by atoms with van der Waals surface area (Å²) < 4.78 is 16.8. The molecule has 1 fully saturated rings. The lowest BCUT2D eigenvalue weighted by Gasteiger charge is -2.34. The Morgan fingerprint density at radius 2 is 1.75 bits per heavy atom. The summed E-state index contributed by atoms with van der Waals surface area (Å²) in [6.07, 6.45) is 1.36. The third-order valence-corrected chi connectivity index (χ3v) is 5.37. The lowest BCUT2D eigenvalue weighted by Crippen LogP contribution is -2.39. The van der Waals surface area contributed by atoms with E-state index < -0.39 is 18.1 Å². The van der Waals surface area contributed by atoms with E-state index in [0.29, 0.717) is 35.2 Å². The highest BCUT2D eigenvalue weighted by Gasteiger charge is 2.40. The fourth-order valence-electron chi connectivity index (χ4n) is 3.93. The molecule has 0 amide bonds. The van der Waals surface area contributed by atoms with Crippen molar-refractivity contribution in [3.63, 3.8) is 0 Å². The summed E-state index contributed by atoms with van der Waals surface area (Å²) >= 11 is 6.31. The summed E-state index contributed by atoms with van der Waals surface area (Å²) in [5.41, 5.74) is 1.52. The topological polar surface area (TPSA) is 68.2 Å². The van der Waals surface area contributed by atoms with Crippen molar-refractivity contribution in [3.8, 4) is 17.2 Å². The first-order chi connectivity index (χ1) is 13.5. The monoisotopic (exact) mass is 405 g/mol. The van der Waals surface area contributed by atoms with Crippen LogP contribution in [0.2, 0.25) is 5.02 Å². The van der Waals surface area contributed by atoms with Crippen LogP contribution >= 0.6 is 11.6 Å². The molecule has 2 unspecified atom stereocenters. The second-order valence-electron chi connectivity index (χ2n) is 6.60. The van der Waals surface area contributed by atoms with Crippen molar-refractivity contribution in [2.45, 2.75) is 24.9 Å². The first-order valence-electron chi connectivity index (χ1n) is 9.04. The molecule has 0 spiro atoms. The van der Waals surface area contributed by atoms with E-state index in [9.17, 15) is 9.90 Å². The number of hydrogen-bond donors (Lipinski definition) is 1. The van der Waals surface area contributed by atoms with Gasteiger partial charge in [0.05, 0.1) is 32.9 Å². The summed E-state index contributed by atoms with van der Waals surface area (Å²) in [6.45, 7) is 0.624. The Hall–Kier alpha value is -2.44. The van der Waals surface area contributed by atoms with Crippen LogP contribution < -0.4 is 14.2 Å². The van der Waals surface area contributed by atoms with E-state index >= 15 is 0 Å². The number of nitrogens with zero attached hydrogens (tertiary/aromatic N) is 1. The molecule has 150 valence electrons. The molecule has 3 rings (SSSR count). The molecular formula is C21H24ClNO5. The van der Waals surface area contributed by atoms with Crippen LogP contribution in [0.25, 0.3) is 0 Å². The zero-order valence-electron chi connectivity index (χ0n) is 16.1. The van der Waals surface area contributed by atoms with Gasteiger partial charge in [0.15, 0.2) is 0 Å². The first kappa shape index (κ1) is 20.3. The van der Waals surface area contributed by atoms with Crippen LogP contribution in [0.15, 0.2) is 36.4 Å². The van der Waals surface area contributed by atoms with Gasteiger partial charge in [-0.3, -0.25) is 9.69 Å². The number of carboxylic acids is 1. The second-order valence-corrected chi connectivity index (χ2v) is 7.04. The molecule has 0 aliphatic carbocycles. The fourth-order valence-corrected chi connectivity index (χ4v) is 4.11. The van der Waals surface area contributed by atoms with Gasteiger partial charge in [0, 0.05) is 17.1 Å². The smallest absolute Gasteiger partial charge is 0.320 e. The van der Waals surface area contributed by atoms with E-state index in [1.807, 2.05) is 29.2 Å². The van der Waals surface area contributed by atoms with Crippen LogP contribution in [0.1, 0.15) is 30.0 Å². The van der Waals surface area contributed by atoms with E-state index in [2.05, 4.69) is 0 Å². The number of rotatable bonds is 7. The molecule has 6 nitrogen and oxygen atoms in total. The molecule has 28 heavy (non-hydrogen) atoms. The number of halogens is 1. The lowest BCUT2D eigenvalue weighted by atomic mass is 9.93. The zero-order chi connectivity index (χ0) is 20.3. The van der Waals surface area contributed by atoms with Gasteiger partial charge in [0.1, 0.15) is 23.3 Å². The SMILES string of the molecule is COc1ccc(Cl)cc1C(c1c(OC)cccc1OC)N1CCCC1C(=O)O. The van der Waals surface area contributed by atoms with Crippen molar-refractivity contribution in [1.29, 1.82) is 0 Å². The zero-order valence-corrected chi connectivity index (χ0v) is 16.9. The van der Waals surface area contributed by atoms with E-state index in [0.717, 1.165) is 17.5 Å². The molecule has 2 aromatic rings. The van der Waals surface area contributed by atoms with Gasteiger partial charge in [-0.05, 0) is 43.2 Å². The van der Waals surface area contributed by atoms with Crippen LogP contribution in [0, 0.1) is 0 Å². The lowest BCUT2D eigenvalue weighted by molar-refractivity contribution is -0.142. The van der Waals surface area contributed by atoms with Crippen molar-refractivity contribution >= 4 is 17.6 Å².